The molecular weight excluding hydrogens is 279 g/mol. The zero-order valence-electron chi connectivity index (χ0n) is 11.0. The molecule has 7 nitrogen and oxygen atoms in total. The maximum Gasteiger partial charge on any atom is 0.293 e. The van der Waals surface area contributed by atoms with E-state index in [0.717, 1.165) is 12.1 Å². The minimum atomic E-state index is -0.941. The molecule has 3 N–H and O–H groups in total. The highest BCUT2D eigenvalue weighted by Gasteiger charge is 2.24. The smallest absolute Gasteiger partial charge is 0.293 e. The minimum absolute atomic E-state index is 0.199. The first-order valence-electron chi connectivity index (χ1n) is 5.87. The number of nitro groups is 1. The van der Waals surface area contributed by atoms with Gasteiger partial charge in [0, 0.05) is 11.8 Å². The number of carbonyl (C=O) groups is 1. The van der Waals surface area contributed by atoms with E-state index in [1.54, 1.807) is 19.1 Å². The molecule has 2 aromatic rings. The second kappa shape index (κ2) is 5.53. The van der Waals surface area contributed by atoms with Crippen LogP contribution in [0.25, 0.3) is 0 Å². The summed E-state index contributed by atoms with van der Waals surface area (Å²) in [6, 6.07) is 6.62. The van der Waals surface area contributed by atoms with Crippen molar-refractivity contribution in [3.8, 4) is 0 Å². The van der Waals surface area contributed by atoms with Crippen molar-refractivity contribution in [2.45, 2.75) is 6.92 Å². The number of aryl methyl sites for hydroxylation is 1. The van der Waals surface area contributed by atoms with Gasteiger partial charge in [0.15, 0.2) is 0 Å². The molecule has 1 amide bonds. The molecule has 1 heterocycles. The van der Waals surface area contributed by atoms with Crippen molar-refractivity contribution < 1.29 is 14.1 Å². The lowest BCUT2D eigenvalue weighted by Gasteiger charge is -2.08. The van der Waals surface area contributed by atoms with Crippen molar-refractivity contribution in [1.29, 1.82) is 0 Å². The quantitative estimate of drug-likeness (QED) is 0.511. The predicted octanol–water partition coefficient (Wildman–Crippen LogP) is 2.27. The summed E-state index contributed by atoms with van der Waals surface area (Å²) in [4.78, 5) is 26.1. The van der Waals surface area contributed by atoms with Crippen molar-refractivity contribution in [1.82, 2.24) is 4.98 Å². The van der Waals surface area contributed by atoms with E-state index in [9.17, 15) is 19.3 Å². The van der Waals surface area contributed by atoms with E-state index in [4.69, 9.17) is 5.73 Å². The molecule has 108 valence electrons. The molecule has 0 bridgehead atoms. The highest BCUT2D eigenvalue weighted by molar-refractivity contribution is 6.08. The number of anilines is 2. The Morgan fingerprint density at radius 3 is 2.71 bits per heavy atom. The van der Waals surface area contributed by atoms with E-state index in [2.05, 4.69) is 10.3 Å². The third-order valence-electron chi connectivity index (χ3n) is 2.73. The summed E-state index contributed by atoms with van der Waals surface area (Å²) in [5.74, 6) is -1.64. The van der Waals surface area contributed by atoms with E-state index < -0.39 is 33.6 Å². The van der Waals surface area contributed by atoms with Crippen LogP contribution >= 0.6 is 0 Å². The van der Waals surface area contributed by atoms with Crippen LogP contribution in [0, 0.1) is 22.9 Å². The lowest BCUT2D eigenvalue weighted by atomic mass is 10.1. The molecule has 0 saturated carbocycles. The molecule has 0 atom stereocenters. The summed E-state index contributed by atoms with van der Waals surface area (Å²) >= 11 is 0. The highest BCUT2D eigenvalue weighted by atomic mass is 19.1. The van der Waals surface area contributed by atoms with Gasteiger partial charge in [-0.2, -0.15) is 0 Å². The van der Waals surface area contributed by atoms with Gasteiger partial charge in [0.25, 0.3) is 11.6 Å². The van der Waals surface area contributed by atoms with E-state index in [0.29, 0.717) is 5.69 Å². The van der Waals surface area contributed by atoms with Crippen LogP contribution in [-0.4, -0.2) is 15.8 Å². The van der Waals surface area contributed by atoms with Crippen LogP contribution in [0.5, 0.6) is 0 Å². The second-order valence-corrected chi connectivity index (χ2v) is 4.23. The third-order valence-corrected chi connectivity index (χ3v) is 2.73. The number of aromatic nitrogens is 1. The van der Waals surface area contributed by atoms with Crippen molar-refractivity contribution in [3.63, 3.8) is 0 Å². The summed E-state index contributed by atoms with van der Waals surface area (Å²) in [7, 11) is 0. The Labute approximate surface area is 118 Å². The first-order valence-corrected chi connectivity index (χ1v) is 5.87. The monoisotopic (exact) mass is 290 g/mol. The minimum Gasteiger partial charge on any atom is -0.392 e. The van der Waals surface area contributed by atoms with Crippen molar-refractivity contribution in [2.24, 2.45) is 0 Å². The van der Waals surface area contributed by atoms with E-state index in [1.165, 1.54) is 6.07 Å². The SMILES string of the molecule is Cc1cccc(NC(=O)c2c(F)ccc([N+](=O)[O-])c2N)n1. The summed E-state index contributed by atoms with van der Waals surface area (Å²) in [6.07, 6.45) is 0. The zero-order valence-corrected chi connectivity index (χ0v) is 11.0. The molecule has 2 rings (SSSR count). The normalized spacial score (nSPS) is 10.2. The molecular formula is C13H11FN4O3. The number of benzene rings is 1. The fourth-order valence-electron chi connectivity index (χ4n) is 1.76. The molecule has 0 aliphatic heterocycles. The molecule has 0 aliphatic rings. The van der Waals surface area contributed by atoms with Gasteiger partial charge in [-0.1, -0.05) is 6.07 Å². The van der Waals surface area contributed by atoms with Gasteiger partial charge in [0.05, 0.1) is 4.92 Å². The van der Waals surface area contributed by atoms with Crippen LogP contribution in [0.1, 0.15) is 16.1 Å². The molecule has 1 aromatic carbocycles. The first kappa shape index (κ1) is 14.4. The number of nitrogen functional groups attached to an aromatic ring is 1. The van der Waals surface area contributed by atoms with E-state index in [1.807, 2.05) is 0 Å². The molecule has 0 unspecified atom stereocenters. The molecule has 0 saturated heterocycles. The van der Waals surface area contributed by atoms with Gasteiger partial charge in [-0.25, -0.2) is 9.37 Å². The van der Waals surface area contributed by atoms with Crippen molar-refractivity contribution in [3.05, 3.63) is 57.5 Å². The Morgan fingerprint density at radius 2 is 2.10 bits per heavy atom. The van der Waals surface area contributed by atoms with Gasteiger partial charge in [-0.15, -0.1) is 0 Å². The van der Waals surface area contributed by atoms with Crippen LogP contribution < -0.4 is 11.1 Å². The Balaban J connectivity index is 2.39. The van der Waals surface area contributed by atoms with Crippen LogP contribution in [0.2, 0.25) is 0 Å². The summed E-state index contributed by atoms with van der Waals surface area (Å²) in [5, 5.41) is 13.1. The average molecular weight is 290 g/mol. The largest absolute Gasteiger partial charge is 0.392 e. The number of halogens is 1. The van der Waals surface area contributed by atoms with Gasteiger partial charge in [0.1, 0.15) is 22.9 Å². The fourth-order valence-corrected chi connectivity index (χ4v) is 1.76. The van der Waals surface area contributed by atoms with Gasteiger partial charge in [-0.05, 0) is 25.1 Å². The number of pyridine rings is 1. The number of nitro benzene ring substituents is 1. The number of hydrogen-bond acceptors (Lipinski definition) is 5. The predicted molar refractivity (Wildman–Crippen MR) is 74.4 cm³/mol. The Bertz CT molecular complexity index is 733. The maximum atomic E-state index is 13.7. The maximum absolute atomic E-state index is 13.7. The topological polar surface area (TPSA) is 111 Å². The van der Waals surface area contributed by atoms with Gasteiger partial charge in [-0.3, -0.25) is 14.9 Å². The first-order chi connectivity index (χ1) is 9.90. The Morgan fingerprint density at radius 1 is 1.38 bits per heavy atom. The molecule has 21 heavy (non-hydrogen) atoms. The van der Waals surface area contributed by atoms with Crippen LogP contribution in [0.15, 0.2) is 30.3 Å². The van der Waals surface area contributed by atoms with Crippen LogP contribution in [0.4, 0.5) is 21.6 Å². The molecule has 0 fully saturated rings. The molecule has 0 radical (unpaired) electrons. The van der Waals surface area contributed by atoms with Crippen molar-refractivity contribution in [2.75, 3.05) is 11.1 Å². The number of carbonyl (C=O) groups excluding carboxylic acids is 1. The summed E-state index contributed by atoms with van der Waals surface area (Å²) < 4.78 is 13.7. The number of nitrogens with one attached hydrogen (secondary N) is 1. The summed E-state index contributed by atoms with van der Waals surface area (Å²) in [5.41, 5.74) is 4.53. The zero-order chi connectivity index (χ0) is 15.6. The number of amides is 1. The molecule has 0 aliphatic carbocycles. The van der Waals surface area contributed by atoms with Gasteiger partial charge in [0.2, 0.25) is 0 Å². The second-order valence-electron chi connectivity index (χ2n) is 4.23. The van der Waals surface area contributed by atoms with Crippen LogP contribution in [0.3, 0.4) is 0 Å². The fraction of sp³-hybridized carbons (Fsp3) is 0.0769. The molecule has 8 heteroatoms. The van der Waals surface area contributed by atoms with Gasteiger partial charge >= 0.3 is 0 Å². The number of hydrogen-bond donors (Lipinski definition) is 2. The number of nitrogens with two attached hydrogens (primary N) is 1. The number of nitrogens with zero attached hydrogens (tertiary/aromatic N) is 2. The highest BCUT2D eigenvalue weighted by Crippen LogP contribution is 2.27. The van der Waals surface area contributed by atoms with Crippen molar-refractivity contribution >= 4 is 23.1 Å². The molecule has 1 aromatic heterocycles. The summed E-state index contributed by atoms with van der Waals surface area (Å²) in [6.45, 7) is 1.72. The van der Waals surface area contributed by atoms with Crippen LogP contribution in [-0.2, 0) is 0 Å². The number of rotatable bonds is 3. The lowest BCUT2D eigenvalue weighted by molar-refractivity contribution is -0.384. The third kappa shape index (κ3) is 2.94. The van der Waals surface area contributed by atoms with E-state index >= 15 is 0 Å². The lowest BCUT2D eigenvalue weighted by Crippen LogP contribution is -2.17. The molecule has 0 spiro atoms. The Kier molecular flexibility index (Phi) is 3.79. The standard InChI is InChI=1S/C13H11FN4O3/c1-7-3-2-4-10(16-7)17-13(19)11-8(14)5-6-9(12(11)15)18(20)21/h2-6H,15H2,1H3,(H,16,17,19). The average Bonchev–Trinajstić information content (AvgIpc) is 2.38. The van der Waals surface area contributed by atoms with Gasteiger partial charge < -0.3 is 11.1 Å². The van der Waals surface area contributed by atoms with E-state index in [-0.39, 0.29) is 5.82 Å². The Hall–Kier alpha value is -3.03.